The van der Waals surface area contributed by atoms with Gasteiger partial charge in [-0.2, -0.15) is 0 Å². The van der Waals surface area contributed by atoms with Crippen LogP contribution in [0, 0.1) is 0 Å². The lowest BCUT2D eigenvalue weighted by molar-refractivity contribution is 0.905. The van der Waals surface area contributed by atoms with E-state index in [1.165, 1.54) is 18.4 Å². The van der Waals surface area contributed by atoms with Crippen molar-refractivity contribution in [2.45, 2.75) is 19.3 Å². The van der Waals surface area contributed by atoms with Crippen LogP contribution in [0.5, 0.6) is 0 Å². The average molecular weight is 195 g/mol. The van der Waals surface area contributed by atoms with Gasteiger partial charge in [-0.3, -0.25) is 0 Å². The van der Waals surface area contributed by atoms with Gasteiger partial charge in [-0.15, -0.1) is 0 Å². The van der Waals surface area contributed by atoms with E-state index in [0.717, 1.165) is 16.8 Å². The highest BCUT2D eigenvalue weighted by Gasteiger charge is 2.09. The van der Waals surface area contributed by atoms with Gasteiger partial charge in [-0.1, -0.05) is 27.5 Å². The van der Waals surface area contributed by atoms with E-state index in [9.17, 15) is 0 Å². The van der Waals surface area contributed by atoms with E-state index >= 15 is 0 Å². The molecule has 0 aromatic rings. The first-order chi connectivity index (χ1) is 3.84. The molecule has 0 aromatic heterocycles. The first kappa shape index (κ1) is 6.63. The summed E-state index contributed by atoms with van der Waals surface area (Å²) in [5.41, 5.74) is 1.40. The molecule has 0 radical (unpaired) electrons. The Labute approximate surface area is 63.0 Å². The molecule has 2 heteroatoms. The van der Waals surface area contributed by atoms with Gasteiger partial charge in [0, 0.05) is 10.4 Å². The summed E-state index contributed by atoms with van der Waals surface area (Å²) in [5.74, 6) is 0. The molecule has 0 saturated heterocycles. The van der Waals surface area contributed by atoms with Crippen LogP contribution in [0.3, 0.4) is 0 Å². The molecular formula is C6H8BrCl. The van der Waals surface area contributed by atoms with Crippen molar-refractivity contribution in [2.75, 3.05) is 5.33 Å². The van der Waals surface area contributed by atoms with Gasteiger partial charge in [-0.25, -0.2) is 0 Å². The molecule has 0 bridgehead atoms. The first-order valence-electron chi connectivity index (χ1n) is 2.77. The summed E-state index contributed by atoms with van der Waals surface area (Å²) in [5, 5.41) is 2.05. The molecule has 1 aliphatic rings. The third kappa shape index (κ3) is 1.26. The fraction of sp³-hybridized carbons (Fsp3) is 0.667. The van der Waals surface area contributed by atoms with E-state index in [4.69, 9.17) is 11.6 Å². The lowest BCUT2D eigenvalue weighted by Gasteiger charge is -1.91. The van der Waals surface area contributed by atoms with Gasteiger partial charge in [0.05, 0.1) is 0 Å². The molecule has 0 aliphatic heterocycles. The Morgan fingerprint density at radius 1 is 1.50 bits per heavy atom. The summed E-state index contributed by atoms with van der Waals surface area (Å²) in [4.78, 5) is 0. The maximum atomic E-state index is 5.83. The van der Waals surface area contributed by atoms with Crippen molar-refractivity contribution in [3.63, 3.8) is 0 Å². The number of hydrogen-bond acceptors (Lipinski definition) is 0. The molecule has 0 amide bonds. The largest absolute Gasteiger partial charge is 0.0892 e. The molecule has 0 aromatic carbocycles. The first-order valence-corrected chi connectivity index (χ1v) is 4.27. The fourth-order valence-electron chi connectivity index (χ4n) is 0.909. The third-order valence-electron chi connectivity index (χ3n) is 1.42. The normalized spacial score (nSPS) is 20.2. The van der Waals surface area contributed by atoms with E-state index in [2.05, 4.69) is 15.9 Å². The highest BCUT2D eigenvalue weighted by molar-refractivity contribution is 9.09. The second kappa shape index (κ2) is 2.88. The van der Waals surface area contributed by atoms with Crippen LogP contribution in [-0.4, -0.2) is 5.33 Å². The Morgan fingerprint density at radius 3 is 2.50 bits per heavy atom. The molecule has 0 heterocycles. The van der Waals surface area contributed by atoms with Crippen molar-refractivity contribution in [3.8, 4) is 0 Å². The maximum Gasteiger partial charge on any atom is 0.0256 e. The van der Waals surface area contributed by atoms with E-state index in [0.29, 0.717) is 0 Å². The lowest BCUT2D eigenvalue weighted by atomic mass is 10.3. The zero-order chi connectivity index (χ0) is 5.98. The lowest BCUT2D eigenvalue weighted by Crippen LogP contribution is -1.76. The Bertz CT molecular complexity index is 118. The number of allylic oxidation sites excluding steroid dienone is 2. The topological polar surface area (TPSA) is 0 Å². The van der Waals surface area contributed by atoms with Crippen LogP contribution in [0.2, 0.25) is 0 Å². The number of hydrogen-bond donors (Lipinski definition) is 0. The summed E-state index contributed by atoms with van der Waals surface area (Å²) >= 11 is 9.20. The van der Waals surface area contributed by atoms with Crippen molar-refractivity contribution in [2.24, 2.45) is 0 Å². The van der Waals surface area contributed by atoms with Gasteiger partial charge in [0.1, 0.15) is 0 Å². The van der Waals surface area contributed by atoms with Crippen LogP contribution in [0.25, 0.3) is 0 Å². The Hall–Kier alpha value is 0.510. The number of alkyl halides is 1. The van der Waals surface area contributed by atoms with Crippen molar-refractivity contribution in [1.29, 1.82) is 0 Å². The molecule has 0 fully saturated rings. The monoisotopic (exact) mass is 194 g/mol. The molecule has 0 nitrogen and oxygen atoms in total. The molecule has 46 valence electrons. The minimum atomic E-state index is 0.964. The van der Waals surface area contributed by atoms with E-state index < -0.39 is 0 Å². The minimum Gasteiger partial charge on any atom is -0.0892 e. The van der Waals surface area contributed by atoms with Gasteiger partial charge >= 0.3 is 0 Å². The Morgan fingerprint density at radius 2 is 2.25 bits per heavy atom. The molecule has 0 atom stereocenters. The summed E-state index contributed by atoms with van der Waals surface area (Å²) in [6, 6.07) is 0. The van der Waals surface area contributed by atoms with Gasteiger partial charge in [-0.05, 0) is 24.8 Å². The van der Waals surface area contributed by atoms with Crippen LogP contribution in [0.1, 0.15) is 19.3 Å². The molecular weight excluding hydrogens is 187 g/mol. The van der Waals surface area contributed by atoms with Crippen LogP contribution in [0.4, 0.5) is 0 Å². The SMILES string of the molecule is ClC1=C(CBr)CCC1. The zero-order valence-electron chi connectivity index (χ0n) is 4.58. The molecule has 0 saturated carbocycles. The standard InChI is InChI=1S/C6H8BrCl/c7-4-5-2-1-3-6(5)8/h1-4H2. The summed E-state index contributed by atoms with van der Waals surface area (Å²) < 4.78 is 0. The number of rotatable bonds is 1. The summed E-state index contributed by atoms with van der Waals surface area (Å²) in [7, 11) is 0. The fourth-order valence-corrected chi connectivity index (χ4v) is 1.98. The molecule has 8 heavy (non-hydrogen) atoms. The predicted molar refractivity (Wildman–Crippen MR) is 40.5 cm³/mol. The van der Waals surface area contributed by atoms with Crippen molar-refractivity contribution < 1.29 is 0 Å². The van der Waals surface area contributed by atoms with Crippen LogP contribution in [-0.2, 0) is 0 Å². The summed E-state index contributed by atoms with van der Waals surface area (Å²) in [6.07, 6.45) is 3.55. The highest BCUT2D eigenvalue weighted by Crippen LogP contribution is 2.29. The smallest absolute Gasteiger partial charge is 0.0256 e. The molecule has 1 aliphatic carbocycles. The Kier molecular flexibility index (Phi) is 2.39. The van der Waals surface area contributed by atoms with E-state index in [-0.39, 0.29) is 0 Å². The van der Waals surface area contributed by atoms with Crippen LogP contribution < -0.4 is 0 Å². The Balaban J connectivity index is 2.58. The van der Waals surface area contributed by atoms with Crippen molar-refractivity contribution in [3.05, 3.63) is 10.6 Å². The van der Waals surface area contributed by atoms with E-state index in [1.54, 1.807) is 0 Å². The number of halogens is 2. The zero-order valence-corrected chi connectivity index (χ0v) is 6.93. The van der Waals surface area contributed by atoms with Gasteiger partial charge in [0.2, 0.25) is 0 Å². The average Bonchev–Trinajstić information content (AvgIpc) is 2.14. The minimum absolute atomic E-state index is 0.964. The summed E-state index contributed by atoms with van der Waals surface area (Å²) in [6.45, 7) is 0. The molecule has 1 rings (SSSR count). The van der Waals surface area contributed by atoms with Gasteiger partial charge in [0.25, 0.3) is 0 Å². The molecule has 0 N–H and O–H groups in total. The predicted octanol–water partition coefficient (Wildman–Crippen LogP) is 3.06. The second-order valence-corrected chi connectivity index (χ2v) is 3.01. The van der Waals surface area contributed by atoms with Crippen molar-refractivity contribution in [1.82, 2.24) is 0 Å². The van der Waals surface area contributed by atoms with Gasteiger partial charge in [0.15, 0.2) is 0 Å². The molecule has 0 unspecified atom stereocenters. The van der Waals surface area contributed by atoms with E-state index in [1.807, 2.05) is 0 Å². The quantitative estimate of drug-likeness (QED) is 0.564. The maximum absolute atomic E-state index is 5.83. The third-order valence-corrected chi connectivity index (χ3v) is 2.55. The van der Waals surface area contributed by atoms with Crippen LogP contribution in [0.15, 0.2) is 10.6 Å². The molecule has 0 spiro atoms. The highest BCUT2D eigenvalue weighted by atomic mass is 79.9. The van der Waals surface area contributed by atoms with Crippen molar-refractivity contribution >= 4 is 27.5 Å². The second-order valence-electron chi connectivity index (χ2n) is 2.00. The van der Waals surface area contributed by atoms with Crippen LogP contribution >= 0.6 is 27.5 Å². The van der Waals surface area contributed by atoms with Gasteiger partial charge < -0.3 is 0 Å².